The van der Waals surface area contributed by atoms with Crippen molar-refractivity contribution in [2.24, 2.45) is 11.1 Å². The van der Waals surface area contributed by atoms with Gasteiger partial charge in [0.25, 0.3) is 5.88 Å². The highest BCUT2D eigenvalue weighted by molar-refractivity contribution is 6.17. The van der Waals surface area contributed by atoms with E-state index in [0.717, 1.165) is 25.7 Å². The number of nitrogens with one attached hydrogen (secondary N) is 1. The van der Waals surface area contributed by atoms with Crippen LogP contribution in [0.25, 0.3) is 5.70 Å². The first-order valence-electron chi connectivity index (χ1n) is 14.3. The van der Waals surface area contributed by atoms with Gasteiger partial charge in [-0.3, -0.25) is 14.5 Å². The number of allylic oxidation sites excluding steroid dienone is 1. The van der Waals surface area contributed by atoms with Crippen LogP contribution >= 0.6 is 0 Å². The van der Waals surface area contributed by atoms with Crippen molar-refractivity contribution >= 4 is 23.1 Å². The number of anilines is 1. The van der Waals surface area contributed by atoms with Gasteiger partial charge in [0, 0.05) is 49.8 Å². The lowest BCUT2D eigenvalue weighted by Gasteiger charge is -2.38. The fourth-order valence-electron chi connectivity index (χ4n) is 6.92. The first-order chi connectivity index (χ1) is 18.7. The summed E-state index contributed by atoms with van der Waals surface area (Å²) in [5.74, 6) is -1.02. The summed E-state index contributed by atoms with van der Waals surface area (Å²) in [4.78, 5) is 39.4. The molecule has 3 N–H and O–H groups in total. The molecule has 2 spiro atoms. The molecule has 212 valence electrons. The fourth-order valence-corrected chi connectivity index (χ4v) is 6.92. The molecule has 39 heavy (non-hydrogen) atoms. The van der Waals surface area contributed by atoms with E-state index in [1.165, 1.54) is 0 Å². The maximum Gasteiger partial charge on any atom is 0.256 e. The molecule has 3 aliphatic carbocycles. The molecule has 3 heterocycles. The number of piperazine rings is 1. The van der Waals surface area contributed by atoms with Gasteiger partial charge in [-0.25, -0.2) is 9.37 Å². The van der Waals surface area contributed by atoms with Crippen LogP contribution < -0.4 is 20.7 Å². The lowest BCUT2D eigenvalue weighted by atomic mass is 9.62. The molecule has 0 unspecified atom stereocenters. The van der Waals surface area contributed by atoms with Crippen LogP contribution in [0.15, 0.2) is 5.57 Å². The van der Waals surface area contributed by atoms with Crippen LogP contribution in [0.2, 0.25) is 0 Å². The minimum absolute atomic E-state index is 0.00381. The number of halogens is 2. The number of alkyl halides is 1. The number of carbonyl (C=O) groups excluding carboxylic acids is 2. The molecular formula is C28H38F2N6O3. The van der Waals surface area contributed by atoms with Crippen molar-refractivity contribution in [1.82, 2.24) is 20.2 Å². The second kappa shape index (κ2) is 10.1. The SMILES string of the molecule is CN1C[C@H](F)C[C@H]1COc1nc(/C(N)=C2\CCC[C@@]3(CCCCC3=O)C2=O)nc(N2CCNC3(CC3)C2)c1F. The van der Waals surface area contributed by atoms with Gasteiger partial charge >= 0.3 is 0 Å². The minimum atomic E-state index is -1.01. The smallest absolute Gasteiger partial charge is 0.256 e. The fraction of sp³-hybridized carbons (Fsp3) is 0.714. The Balaban J connectivity index is 1.36. The van der Waals surface area contributed by atoms with Crippen LogP contribution in [0.5, 0.6) is 5.88 Å². The normalized spacial score (nSPS) is 32.2. The van der Waals surface area contributed by atoms with Gasteiger partial charge in [-0.1, -0.05) is 6.42 Å². The largest absolute Gasteiger partial charge is 0.474 e. The molecule has 5 aliphatic rings. The molecule has 11 heteroatoms. The molecule has 1 aromatic rings. The Morgan fingerprint density at radius 2 is 1.95 bits per heavy atom. The first-order valence-corrected chi connectivity index (χ1v) is 14.3. The number of hydrogen-bond donors (Lipinski definition) is 2. The predicted octanol–water partition coefficient (Wildman–Crippen LogP) is 2.53. The number of aromatic nitrogens is 2. The van der Waals surface area contributed by atoms with Crippen LogP contribution in [-0.2, 0) is 9.59 Å². The van der Waals surface area contributed by atoms with Crippen molar-refractivity contribution in [3.05, 3.63) is 17.2 Å². The highest BCUT2D eigenvalue weighted by Crippen LogP contribution is 2.46. The number of rotatable bonds is 5. The molecule has 5 fully saturated rings. The third-order valence-electron chi connectivity index (χ3n) is 9.48. The molecule has 6 rings (SSSR count). The van der Waals surface area contributed by atoms with Crippen LogP contribution in [0, 0.1) is 11.2 Å². The van der Waals surface area contributed by atoms with Gasteiger partial charge in [0.1, 0.15) is 18.6 Å². The second-order valence-electron chi connectivity index (χ2n) is 12.1. The van der Waals surface area contributed by atoms with Crippen LogP contribution in [0.1, 0.15) is 70.0 Å². The van der Waals surface area contributed by atoms with E-state index in [2.05, 4.69) is 15.3 Å². The van der Waals surface area contributed by atoms with Crippen molar-refractivity contribution in [2.45, 2.75) is 82.0 Å². The molecule has 2 aliphatic heterocycles. The number of carbonyl (C=O) groups is 2. The van der Waals surface area contributed by atoms with Gasteiger partial charge in [-0.2, -0.15) is 9.37 Å². The van der Waals surface area contributed by atoms with E-state index < -0.39 is 17.4 Å². The molecule has 1 aromatic heterocycles. The minimum Gasteiger partial charge on any atom is -0.474 e. The number of nitrogens with zero attached hydrogens (tertiary/aromatic N) is 4. The summed E-state index contributed by atoms with van der Waals surface area (Å²) in [7, 11) is 1.82. The number of likely N-dealkylation sites (N-methyl/N-ethyl adjacent to an activating group) is 1. The molecule has 3 saturated carbocycles. The molecular weight excluding hydrogens is 506 g/mol. The van der Waals surface area contributed by atoms with Crippen LogP contribution in [0.3, 0.4) is 0 Å². The zero-order chi connectivity index (χ0) is 27.4. The summed E-state index contributed by atoms with van der Waals surface area (Å²) in [5.41, 5.74) is 5.99. The molecule has 0 aromatic carbocycles. The van der Waals surface area contributed by atoms with E-state index in [0.29, 0.717) is 70.3 Å². The summed E-state index contributed by atoms with van der Waals surface area (Å²) in [5, 5.41) is 3.52. The van der Waals surface area contributed by atoms with E-state index >= 15 is 4.39 Å². The van der Waals surface area contributed by atoms with Crippen molar-refractivity contribution < 1.29 is 23.1 Å². The van der Waals surface area contributed by atoms with Crippen molar-refractivity contribution in [3.63, 3.8) is 0 Å². The summed E-state index contributed by atoms with van der Waals surface area (Å²) >= 11 is 0. The van der Waals surface area contributed by atoms with E-state index in [1.54, 1.807) is 0 Å². The average Bonchev–Trinajstić information content (AvgIpc) is 3.58. The number of nitrogens with two attached hydrogens (primary N) is 1. The monoisotopic (exact) mass is 544 g/mol. The maximum absolute atomic E-state index is 15.9. The number of ketones is 2. The Hall–Kier alpha value is -2.66. The van der Waals surface area contributed by atoms with Crippen molar-refractivity contribution in [3.8, 4) is 5.88 Å². The van der Waals surface area contributed by atoms with E-state index in [9.17, 15) is 14.0 Å². The predicted molar refractivity (Wildman–Crippen MR) is 141 cm³/mol. The van der Waals surface area contributed by atoms with Gasteiger partial charge < -0.3 is 20.7 Å². The Morgan fingerprint density at radius 3 is 2.67 bits per heavy atom. The standard InChI is InChI=1S/C28H38F2N6O3/c1-35-14-17(29)13-18(35)15-39-26-21(30)25(36-12-11-32-27(16-36)9-10-27)33-24(34-26)22(31)19-5-4-8-28(23(19)38)7-3-2-6-20(28)37/h17-18,32H,2-16,31H2,1H3/b22-19-/t17-,18+,28-/m1/s1. The summed E-state index contributed by atoms with van der Waals surface area (Å²) < 4.78 is 35.7. The number of likely N-dealkylation sites (tertiary alicyclic amines) is 1. The molecule has 3 atom stereocenters. The number of ether oxygens (including phenoxy) is 1. The zero-order valence-electron chi connectivity index (χ0n) is 22.6. The Morgan fingerprint density at radius 1 is 1.15 bits per heavy atom. The summed E-state index contributed by atoms with van der Waals surface area (Å²) in [6.45, 7) is 2.22. The number of Topliss-reactive ketones (excluding diaryl/α,β-unsaturated/α-hetero) is 2. The zero-order valence-corrected chi connectivity index (χ0v) is 22.6. The second-order valence-corrected chi connectivity index (χ2v) is 12.1. The average molecular weight is 545 g/mol. The number of hydrogen-bond acceptors (Lipinski definition) is 9. The van der Waals surface area contributed by atoms with Crippen molar-refractivity contribution in [1.29, 1.82) is 0 Å². The topological polar surface area (TPSA) is 114 Å². The Bertz CT molecular complexity index is 1200. The highest BCUT2D eigenvalue weighted by atomic mass is 19.1. The van der Waals surface area contributed by atoms with Crippen LogP contribution in [0.4, 0.5) is 14.6 Å². The van der Waals surface area contributed by atoms with E-state index in [1.807, 2.05) is 16.8 Å². The highest BCUT2D eigenvalue weighted by Gasteiger charge is 2.50. The Kier molecular flexibility index (Phi) is 6.86. The lowest BCUT2D eigenvalue weighted by Crippen LogP contribution is -2.53. The third kappa shape index (κ3) is 4.81. The van der Waals surface area contributed by atoms with Crippen LogP contribution in [-0.4, -0.2) is 84.0 Å². The summed E-state index contributed by atoms with van der Waals surface area (Å²) in [6, 6.07) is -0.206. The molecule has 0 radical (unpaired) electrons. The van der Waals surface area contributed by atoms with Gasteiger partial charge in [0.2, 0.25) is 5.82 Å². The Labute approximate surface area is 227 Å². The van der Waals surface area contributed by atoms with Gasteiger partial charge in [-0.05, 0) is 58.4 Å². The van der Waals surface area contributed by atoms with Crippen molar-refractivity contribution in [2.75, 3.05) is 44.7 Å². The molecule has 0 bridgehead atoms. The molecule has 9 nitrogen and oxygen atoms in total. The van der Waals surface area contributed by atoms with Gasteiger partial charge in [0.15, 0.2) is 17.4 Å². The van der Waals surface area contributed by atoms with Gasteiger partial charge in [0.05, 0.1) is 11.1 Å². The third-order valence-corrected chi connectivity index (χ3v) is 9.48. The summed E-state index contributed by atoms with van der Waals surface area (Å²) in [6.07, 6.45) is 5.61. The molecule has 2 saturated heterocycles. The maximum atomic E-state index is 15.9. The molecule has 0 amide bonds. The quantitative estimate of drug-likeness (QED) is 0.426. The van der Waals surface area contributed by atoms with E-state index in [4.69, 9.17) is 10.5 Å². The lowest BCUT2D eigenvalue weighted by molar-refractivity contribution is -0.143. The van der Waals surface area contributed by atoms with Gasteiger partial charge in [-0.15, -0.1) is 0 Å². The van der Waals surface area contributed by atoms with E-state index in [-0.39, 0.29) is 53.0 Å². The first kappa shape index (κ1) is 26.6.